The molecule has 5 heteroatoms. The maximum absolute atomic E-state index is 11.2. The number of amides is 2. The molecule has 0 aromatic heterocycles. The summed E-state index contributed by atoms with van der Waals surface area (Å²) in [6.45, 7) is 0.800. The van der Waals surface area contributed by atoms with Gasteiger partial charge in [0.05, 0.1) is 0 Å². The fourth-order valence-electron chi connectivity index (χ4n) is 1.01. The Morgan fingerprint density at radius 3 is 2.85 bits per heavy atom. The van der Waals surface area contributed by atoms with Crippen molar-refractivity contribution < 1.29 is 4.79 Å². The van der Waals surface area contributed by atoms with Crippen molar-refractivity contribution in [1.82, 2.24) is 10.2 Å². The van der Waals surface area contributed by atoms with E-state index in [0.717, 1.165) is 6.54 Å². The first-order valence-electron chi connectivity index (χ1n) is 4.34. The molecule has 3 nitrogen and oxygen atoms in total. The van der Waals surface area contributed by atoms with Gasteiger partial charge in [-0.3, -0.25) is 0 Å². The van der Waals surface area contributed by atoms with Crippen LogP contribution >= 0.6 is 23.5 Å². The monoisotopic (exact) mass is 220 g/mol. The molecular formula is C8H16N2OS2. The molecule has 13 heavy (non-hydrogen) atoms. The van der Waals surface area contributed by atoms with Crippen LogP contribution in [0.3, 0.4) is 0 Å². The molecule has 1 heterocycles. The quantitative estimate of drug-likeness (QED) is 0.756. The Bertz CT molecular complexity index is 170. The lowest BCUT2D eigenvalue weighted by molar-refractivity contribution is 0.217. The van der Waals surface area contributed by atoms with Gasteiger partial charge in [-0.2, -0.15) is 23.5 Å². The third-order valence-corrected chi connectivity index (χ3v) is 4.62. The number of hydrogen-bond acceptors (Lipinski definition) is 3. The van der Waals surface area contributed by atoms with E-state index in [-0.39, 0.29) is 6.03 Å². The van der Waals surface area contributed by atoms with Crippen molar-refractivity contribution in [2.75, 3.05) is 37.9 Å². The van der Waals surface area contributed by atoms with Crippen molar-refractivity contribution >= 4 is 29.6 Å². The fraction of sp³-hybridized carbons (Fsp3) is 0.875. The molecule has 1 saturated heterocycles. The van der Waals surface area contributed by atoms with Crippen molar-refractivity contribution in [2.45, 2.75) is 5.25 Å². The third-order valence-electron chi connectivity index (χ3n) is 1.77. The Hall–Kier alpha value is -0.0300. The van der Waals surface area contributed by atoms with Crippen LogP contribution < -0.4 is 5.32 Å². The summed E-state index contributed by atoms with van der Waals surface area (Å²) < 4.78 is 0. The van der Waals surface area contributed by atoms with Gasteiger partial charge >= 0.3 is 6.03 Å². The number of carbonyl (C=O) groups is 1. The van der Waals surface area contributed by atoms with Gasteiger partial charge < -0.3 is 10.2 Å². The molecule has 0 radical (unpaired) electrons. The van der Waals surface area contributed by atoms with Crippen molar-refractivity contribution in [2.24, 2.45) is 0 Å². The molecule has 1 atom stereocenters. The van der Waals surface area contributed by atoms with E-state index in [0.29, 0.717) is 5.25 Å². The van der Waals surface area contributed by atoms with Gasteiger partial charge in [-0.05, 0) is 0 Å². The predicted octanol–water partition coefficient (Wildman–Crippen LogP) is 1.11. The SMILES string of the molecule is CN(C)C(=O)NCC1CSCCS1. The standard InChI is InChI=1S/C8H16N2OS2/c1-10(2)8(11)9-5-7-6-12-3-4-13-7/h7H,3-6H2,1-2H3,(H,9,11). The summed E-state index contributed by atoms with van der Waals surface area (Å²) in [6, 6.07) is 0.0103. The lowest BCUT2D eigenvalue weighted by Gasteiger charge is -2.22. The van der Waals surface area contributed by atoms with Crippen molar-refractivity contribution in [1.29, 1.82) is 0 Å². The summed E-state index contributed by atoms with van der Waals surface area (Å²) in [5, 5.41) is 3.50. The maximum atomic E-state index is 11.2. The second-order valence-corrected chi connectivity index (χ2v) is 5.71. The molecule has 0 aromatic rings. The predicted molar refractivity (Wildman–Crippen MR) is 60.7 cm³/mol. The van der Waals surface area contributed by atoms with Gasteiger partial charge in [0, 0.05) is 43.1 Å². The van der Waals surface area contributed by atoms with E-state index in [1.807, 2.05) is 23.5 Å². The highest BCUT2D eigenvalue weighted by Crippen LogP contribution is 2.23. The largest absolute Gasteiger partial charge is 0.337 e. The zero-order valence-electron chi connectivity index (χ0n) is 8.08. The van der Waals surface area contributed by atoms with Gasteiger partial charge in [0.1, 0.15) is 0 Å². The Morgan fingerprint density at radius 1 is 1.54 bits per heavy atom. The van der Waals surface area contributed by atoms with Crippen molar-refractivity contribution in [3.05, 3.63) is 0 Å². The average molecular weight is 220 g/mol. The Labute approximate surface area is 88.0 Å². The molecule has 1 rings (SSSR count). The van der Waals surface area contributed by atoms with Crippen LogP contribution in [0, 0.1) is 0 Å². The van der Waals surface area contributed by atoms with Gasteiger partial charge in [0.25, 0.3) is 0 Å². The summed E-state index contributed by atoms with van der Waals surface area (Å²) in [4.78, 5) is 12.8. The van der Waals surface area contributed by atoms with Crippen molar-refractivity contribution in [3.8, 4) is 0 Å². The second-order valence-electron chi connectivity index (χ2n) is 3.15. The van der Waals surface area contributed by atoms with E-state index < -0.39 is 0 Å². The van der Waals surface area contributed by atoms with Gasteiger partial charge in [0.2, 0.25) is 0 Å². The normalized spacial score (nSPS) is 22.5. The van der Waals surface area contributed by atoms with Crippen LogP contribution in [0.2, 0.25) is 0 Å². The van der Waals surface area contributed by atoms with Crippen LogP contribution in [0.15, 0.2) is 0 Å². The number of rotatable bonds is 2. The van der Waals surface area contributed by atoms with E-state index >= 15 is 0 Å². The summed E-state index contributed by atoms with van der Waals surface area (Å²) in [6.07, 6.45) is 0. The number of carbonyl (C=O) groups excluding carboxylic acids is 1. The highest BCUT2D eigenvalue weighted by atomic mass is 32.2. The first-order chi connectivity index (χ1) is 6.20. The molecule has 2 amide bonds. The zero-order valence-corrected chi connectivity index (χ0v) is 9.71. The Balaban J connectivity index is 2.13. The van der Waals surface area contributed by atoms with Gasteiger partial charge in [-0.25, -0.2) is 4.79 Å². The number of thioether (sulfide) groups is 2. The molecule has 0 aromatic carbocycles. The fourth-order valence-corrected chi connectivity index (χ4v) is 3.63. The van der Waals surface area contributed by atoms with Crippen LogP contribution in [0.25, 0.3) is 0 Å². The summed E-state index contributed by atoms with van der Waals surface area (Å²) >= 11 is 3.94. The molecule has 76 valence electrons. The summed E-state index contributed by atoms with van der Waals surface area (Å²) in [7, 11) is 3.52. The van der Waals surface area contributed by atoms with E-state index in [1.54, 1.807) is 19.0 Å². The van der Waals surface area contributed by atoms with Crippen LogP contribution in [0.5, 0.6) is 0 Å². The average Bonchev–Trinajstić information content (AvgIpc) is 2.15. The molecule has 1 N–H and O–H groups in total. The molecule has 0 bridgehead atoms. The number of hydrogen-bond donors (Lipinski definition) is 1. The second kappa shape index (κ2) is 5.65. The van der Waals surface area contributed by atoms with Crippen LogP contribution in [0.1, 0.15) is 0 Å². The molecule has 0 saturated carbocycles. The molecule has 1 fully saturated rings. The Kier molecular flexibility index (Phi) is 4.80. The summed E-state index contributed by atoms with van der Waals surface area (Å²) in [5.74, 6) is 3.63. The zero-order chi connectivity index (χ0) is 9.68. The van der Waals surface area contributed by atoms with Crippen molar-refractivity contribution in [3.63, 3.8) is 0 Å². The van der Waals surface area contributed by atoms with Gasteiger partial charge in [-0.15, -0.1) is 0 Å². The third kappa shape index (κ3) is 4.13. The van der Waals surface area contributed by atoms with Gasteiger partial charge in [0.15, 0.2) is 0 Å². The van der Waals surface area contributed by atoms with Crippen LogP contribution in [0.4, 0.5) is 4.79 Å². The number of nitrogens with one attached hydrogen (secondary N) is 1. The highest BCUT2D eigenvalue weighted by Gasteiger charge is 2.15. The lowest BCUT2D eigenvalue weighted by atomic mass is 10.4. The van der Waals surface area contributed by atoms with Crippen LogP contribution in [-0.4, -0.2) is 54.1 Å². The minimum atomic E-state index is 0.0103. The molecule has 1 unspecified atom stereocenters. The minimum absolute atomic E-state index is 0.0103. The van der Waals surface area contributed by atoms with Gasteiger partial charge in [-0.1, -0.05) is 0 Å². The molecule has 0 spiro atoms. The van der Waals surface area contributed by atoms with E-state index in [1.165, 1.54) is 17.3 Å². The maximum Gasteiger partial charge on any atom is 0.316 e. The molecule has 1 aliphatic heterocycles. The molecule has 1 aliphatic rings. The smallest absolute Gasteiger partial charge is 0.316 e. The molecule has 0 aliphatic carbocycles. The topological polar surface area (TPSA) is 32.3 Å². The van der Waals surface area contributed by atoms with E-state index in [2.05, 4.69) is 5.32 Å². The Morgan fingerprint density at radius 2 is 2.31 bits per heavy atom. The number of urea groups is 1. The van der Waals surface area contributed by atoms with E-state index in [4.69, 9.17) is 0 Å². The first-order valence-corrected chi connectivity index (χ1v) is 6.55. The first kappa shape index (κ1) is 11.0. The summed E-state index contributed by atoms with van der Waals surface area (Å²) in [5.41, 5.74) is 0. The minimum Gasteiger partial charge on any atom is -0.337 e. The number of nitrogens with zero attached hydrogens (tertiary/aromatic N) is 1. The lowest BCUT2D eigenvalue weighted by Crippen LogP contribution is -2.39. The highest BCUT2D eigenvalue weighted by molar-refractivity contribution is 8.06. The van der Waals surface area contributed by atoms with Crippen LogP contribution in [-0.2, 0) is 0 Å². The molecular weight excluding hydrogens is 204 g/mol. The van der Waals surface area contributed by atoms with E-state index in [9.17, 15) is 4.79 Å².